The van der Waals surface area contributed by atoms with Crippen molar-refractivity contribution in [2.75, 3.05) is 0 Å². The van der Waals surface area contributed by atoms with Gasteiger partial charge in [-0.25, -0.2) is 0 Å². The third-order valence-electron chi connectivity index (χ3n) is 3.75. The van der Waals surface area contributed by atoms with E-state index in [1.807, 2.05) is 25.1 Å². The van der Waals surface area contributed by atoms with E-state index in [4.69, 9.17) is 0 Å². The fourth-order valence-corrected chi connectivity index (χ4v) is 2.65. The van der Waals surface area contributed by atoms with E-state index >= 15 is 0 Å². The number of nitrogens with one attached hydrogen (secondary N) is 1. The lowest BCUT2D eigenvalue weighted by Gasteiger charge is -2.23. The lowest BCUT2D eigenvalue weighted by Crippen LogP contribution is -3.16. The first-order chi connectivity index (χ1) is 8.15. The first-order valence-corrected chi connectivity index (χ1v) is 6.03. The van der Waals surface area contributed by atoms with Gasteiger partial charge in [0.25, 0.3) is 0 Å². The molecule has 0 aliphatic carbocycles. The van der Waals surface area contributed by atoms with E-state index in [2.05, 4.69) is 18.7 Å². The molecule has 1 aromatic rings. The second-order valence-electron chi connectivity index (χ2n) is 4.77. The number of aliphatic hydroxyl groups excluding tert-OH is 2. The summed E-state index contributed by atoms with van der Waals surface area (Å²) in [5.74, 6) is 0. The molecule has 0 radical (unpaired) electrons. The predicted octanol–water partition coefficient (Wildman–Crippen LogP) is -0.250. The summed E-state index contributed by atoms with van der Waals surface area (Å²) >= 11 is 0. The van der Waals surface area contributed by atoms with Crippen LogP contribution in [-0.4, -0.2) is 34.5 Å². The molecule has 2 rings (SSSR count). The molecular formula is C14H20NO2+. The molecule has 5 atom stereocenters. The van der Waals surface area contributed by atoms with Gasteiger partial charge in [-0.3, -0.25) is 0 Å². The minimum atomic E-state index is -0.707. The maximum absolute atomic E-state index is 9.93. The van der Waals surface area contributed by atoms with Gasteiger partial charge >= 0.3 is 0 Å². The fraction of sp³-hybridized carbons (Fsp3) is 0.429. The van der Waals surface area contributed by atoms with Crippen LogP contribution >= 0.6 is 0 Å². The Bertz CT molecular complexity index is 379. The van der Waals surface area contributed by atoms with Crippen molar-refractivity contribution in [3.05, 3.63) is 48.6 Å². The average Bonchev–Trinajstić information content (AvgIpc) is 2.55. The van der Waals surface area contributed by atoms with Gasteiger partial charge in [0.05, 0.1) is 0 Å². The normalized spacial score (nSPS) is 37.0. The van der Waals surface area contributed by atoms with Crippen LogP contribution in [0.15, 0.2) is 43.0 Å². The van der Waals surface area contributed by atoms with Crippen molar-refractivity contribution in [2.24, 2.45) is 0 Å². The van der Waals surface area contributed by atoms with Gasteiger partial charge in [-0.05, 0) is 13.0 Å². The Kier molecular flexibility index (Phi) is 3.62. The Hall–Kier alpha value is -1.16. The van der Waals surface area contributed by atoms with Gasteiger partial charge in [-0.15, -0.1) is 0 Å². The van der Waals surface area contributed by atoms with Crippen LogP contribution in [0.25, 0.3) is 0 Å². The first kappa shape index (κ1) is 12.3. The first-order valence-electron chi connectivity index (χ1n) is 6.03. The molecule has 1 fully saturated rings. The Morgan fingerprint density at radius 1 is 1.24 bits per heavy atom. The largest absolute Gasteiger partial charge is 0.384 e. The van der Waals surface area contributed by atoms with Gasteiger partial charge in [-0.2, -0.15) is 0 Å². The molecule has 92 valence electrons. The third kappa shape index (κ3) is 2.27. The highest BCUT2D eigenvalue weighted by atomic mass is 16.3. The van der Waals surface area contributed by atoms with Crippen LogP contribution < -0.4 is 4.90 Å². The van der Waals surface area contributed by atoms with Gasteiger partial charge in [-0.1, -0.05) is 36.9 Å². The molecule has 0 aromatic heterocycles. The molecule has 0 spiro atoms. The number of aliphatic hydroxyl groups is 2. The quantitative estimate of drug-likeness (QED) is 0.632. The zero-order valence-corrected chi connectivity index (χ0v) is 10.1. The molecule has 17 heavy (non-hydrogen) atoms. The summed E-state index contributed by atoms with van der Waals surface area (Å²) in [7, 11) is 0. The van der Waals surface area contributed by atoms with E-state index in [1.165, 1.54) is 10.5 Å². The second-order valence-corrected chi connectivity index (χ2v) is 4.77. The number of rotatable bonds is 3. The molecule has 3 nitrogen and oxygen atoms in total. The summed E-state index contributed by atoms with van der Waals surface area (Å²) in [4.78, 5) is 1.17. The minimum Gasteiger partial charge on any atom is -0.384 e. The molecule has 1 unspecified atom stereocenters. The van der Waals surface area contributed by atoms with Crippen molar-refractivity contribution in [3.63, 3.8) is 0 Å². The summed E-state index contributed by atoms with van der Waals surface area (Å²) in [6, 6.07) is 10.1. The maximum Gasteiger partial charge on any atom is 0.141 e. The molecular weight excluding hydrogens is 214 g/mol. The topological polar surface area (TPSA) is 44.9 Å². The highest BCUT2D eigenvalue weighted by Crippen LogP contribution is 2.11. The molecule has 0 amide bonds. The standard InChI is InChI=1S/C14H19NO2/c1-3-12-14(17)13(16)10(2)15(12)9-11-7-5-4-6-8-11/h3-8,10,12-14,16-17H,1,9H2,2H3/p+1/t10-,12+,13-,14+/m1/s1. The summed E-state index contributed by atoms with van der Waals surface area (Å²) in [5.41, 5.74) is 1.21. The van der Waals surface area contributed by atoms with Crippen LogP contribution in [0, 0.1) is 0 Å². The lowest BCUT2D eigenvalue weighted by molar-refractivity contribution is -0.943. The Morgan fingerprint density at radius 2 is 1.88 bits per heavy atom. The number of quaternary nitrogens is 1. The maximum atomic E-state index is 9.93. The highest BCUT2D eigenvalue weighted by molar-refractivity contribution is 5.13. The van der Waals surface area contributed by atoms with E-state index in [9.17, 15) is 10.2 Å². The van der Waals surface area contributed by atoms with E-state index in [0.717, 1.165) is 6.54 Å². The smallest absolute Gasteiger partial charge is 0.141 e. The Labute approximate surface area is 102 Å². The predicted molar refractivity (Wildman–Crippen MR) is 66.6 cm³/mol. The molecule has 1 aromatic carbocycles. The number of likely N-dealkylation sites (tertiary alicyclic amines) is 1. The summed E-state index contributed by atoms with van der Waals surface area (Å²) in [5, 5.41) is 19.8. The molecule has 1 aliphatic heterocycles. The van der Waals surface area contributed by atoms with Gasteiger partial charge in [0, 0.05) is 5.56 Å². The van der Waals surface area contributed by atoms with Crippen molar-refractivity contribution in [1.29, 1.82) is 0 Å². The van der Waals surface area contributed by atoms with Crippen LogP contribution in [0.4, 0.5) is 0 Å². The Balaban J connectivity index is 2.17. The average molecular weight is 234 g/mol. The van der Waals surface area contributed by atoms with Gasteiger partial charge < -0.3 is 15.1 Å². The van der Waals surface area contributed by atoms with Crippen molar-refractivity contribution < 1.29 is 15.1 Å². The Morgan fingerprint density at radius 3 is 2.47 bits per heavy atom. The molecule has 1 heterocycles. The molecule has 1 aliphatic rings. The second kappa shape index (κ2) is 5.00. The number of benzene rings is 1. The molecule has 3 N–H and O–H groups in total. The van der Waals surface area contributed by atoms with Crippen LogP contribution in [0.1, 0.15) is 12.5 Å². The van der Waals surface area contributed by atoms with E-state index in [0.29, 0.717) is 0 Å². The molecule has 0 bridgehead atoms. The zero-order valence-electron chi connectivity index (χ0n) is 10.1. The molecule has 3 heteroatoms. The lowest BCUT2D eigenvalue weighted by atomic mass is 10.1. The van der Waals surface area contributed by atoms with Gasteiger partial charge in [0.1, 0.15) is 30.8 Å². The van der Waals surface area contributed by atoms with Crippen molar-refractivity contribution in [1.82, 2.24) is 0 Å². The zero-order chi connectivity index (χ0) is 12.4. The summed E-state index contributed by atoms with van der Waals surface area (Å²) in [6.45, 7) is 6.53. The number of hydrogen-bond donors (Lipinski definition) is 3. The van der Waals surface area contributed by atoms with Crippen LogP contribution in [0.2, 0.25) is 0 Å². The van der Waals surface area contributed by atoms with Gasteiger partial charge in [0.2, 0.25) is 0 Å². The van der Waals surface area contributed by atoms with Crippen molar-refractivity contribution in [3.8, 4) is 0 Å². The molecule has 0 saturated carbocycles. The van der Waals surface area contributed by atoms with Crippen molar-refractivity contribution >= 4 is 0 Å². The summed E-state index contributed by atoms with van der Waals surface area (Å²) in [6.07, 6.45) is 0.369. The molecule has 1 saturated heterocycles. The van der Waals surface area contributed by atoms with Crippen molar-refractivity contribution in [2.45, 2.75) is 37.8 Å². The highest BCUT2D eigenvalue weighted by Gasteiger charge is 2.47. The monoisotopic (exact) mass is 234 g/mol. The van der Waals surface area contributed by atoms with Crippen LogP contribution in [-0.2, 0) is 6.54 Å². The minimum absolute atomic E-state index is 0.0215. The third-order valence-corrected chi connectivity index (χ3v) is 3.75. The van der Waals surface area contributed by atoms with Crippen LogP contribution in [0.3, 0.4) is 0 Å². The summed E-state index contributed by atoms with van der Waals surface area (Å²) < 4.78 is 0. The van der Waals surface area contributed by atoms with E-state index in [-0.39, 0.29) is 12.1 Å². The fourth-order valence-electron chi connectivity index (χ4n) is 2.65. The van der Waals surface area contributed by atoms with E-state index in [1.54, 1.807) is 6.08 Å². The SMILES string of the molecule is C=C[C@H]1[C@H](O)[C@H](O)[C@@H](C)[NH+]1Cc1ccccc1. The number of hydrogen-bond acceptors (Lipinski definition) is 2. The van der Waals surface area contributed by atoms with Gasteiger partial charge in [0.15, 0.2) is 0 Å². The van der Waals surface area contributed by atoms with Crippen LogP contribution in [0.5, 0.6) is 0 Å². The van der Waals surface area contributed by atoms with E-state index < -0.39 is 12.2 Å².